The molecule has 0 radical (unpaired) electrons. The highest BCUT2D eigenvalue weighted by Gasteiger charge is 2.27. The van der Waals surface area contributed by atoms with Gasteiger partial charge in [0.25, 0.3) is 0 Å². The third-order valence-corrected chi connectivity index (χ3v) is 9.30. The number of benzene rings is 2. The van der Waals surface area contributed by atoms with E-state index in [1.807, 2.05) is 6.92 Å². The zero-order valence-corrected chi connectivity index (χ0v) is 22.9. The number of nitrogens with one attached hydrogen (secondary N) is 1. The fourth-order valence-electron chi connectivity index (χ4n) is 4.93. The Kier molecular flexibility index (Phi) is 9.10. The Bertz CT molecular complexity index is 1150. The number of carbonyl (C=O) groups excluding carboxylic acids is 1. The quantitative estimate of drug-likeness (QED) is 0.532. The summed E-state index contributed by atoms with van der Waals surface area (Å²) in [5, 5.41) is 3.07. The molecule has 1 unspecified atom stereocenters. The van der Waals surface area contributed by atoms with Crippen LogP contribution in [0.4, 0.5) is 5.69 Å². The van der Waals surface area contributed by atoms with Crippen LogP contribution in [0.1, 0.15) is 50.3 Å². The average Bonchev–Trinajstić information content (AvgIpc) is 2.92. The Balaban J connectivity index is 1.35. The summed E-state index contributed by atoms with van der Waals surface area (Å²) in [4.78, 5) is 15.4. The van der Waals surface area contributed by atoms with Gasteiger partial charge < -0.3 is 19.7 Å². The second kappa shape index (κ2) is 12.3. The highest BCUT2D eigenvalue weighted by Crippen LogP contribution is 2.27. The van der Waals surface area contributed by atoms with Crippen LogP contribution in [-0.4, -0.2) is 65.1 Å². The number of rotatable bonds is 9. The summed E-state index contributed by atoms with van der Waals surface area (Å²) < 4.78 is 38.3. The molecule has 2 aromatic rings. The molecule has 4 rings (SSSR count). The lowest BCUT2D eigenvalue weighted by atomic mass is 9.98. The van der Waals surface area contributed by atoms with E-state index in [0.717, 1.165) is 24.6 Å². The summed E-state index contributed by atoms with van der Waals surface area (Å²) in [6.07, 6.45) is 3.05. The second-order valence-electron chi connectivity index (χ2n) is 10.0. The number of nitrogens with zero attached hydrogens (tertiary/aromatic N) is 2. The summed E-state index contributed by atoms with van der Waals surface area (Å²) in [7, 11) is -2.08. The monoisotopic (exact) mass is 529 g/mol. The zero-order chi connectivity index (χ0) is 26.4. The Hall–Kier alpha value is -2.62. The van der Waals surface area contributed by atoms with Gasteiger partial charge >= 0.3 is 0 Å². The van der Waals surface area contributed by atoms with E-state index in [4.69, 9.17) is 9.47 Å². The van der Waals surface area contributed by atoms with Crippen LogP contribution in [0.2, 0.25) is 0 Å². The van der Waals surface area contributed by atoms with E-state index < -0.39 is 10.0 Å². The molecule has 2 aromatic carbocycles. The van der Waals surface area contributed by atoms with Gasteiger partial charge in [0, 0.05) is 38.3 Å². The van der Waals surface area contributed by atoms with Crippen molar-refractivity contribution in [2.75, 3.05) is 51.4 Å². The van der Waals surface area contributed by atoms with E-state index in [9.17, 15) is 13.2 Å². The number of methoxy groups -OCH3 is 1. The van der Waals surface area contributed by atoms with Gasteiger partial charge in [-0.2, -0.15) is 4.31 Å². The van der Waals surface area contributed by atoms with Crippen molar-refractivity contribution >= 4 is 21.6 Å². The molecule has 0 aromatic heterocycles. The summed E-state index contributed by atoms with van der Waals surface area (Å²) in [5.74, 6) is 1.27. The zero-order valence-electron chi connectivity index (χ0n) is 22.1. The predicted octanol–water partition coefficient (Wildman–Crippen LogP) is 3.76. The fraction of sp³-hybridized carbons (Fsp3) is 0.536. The van der Waals surface area contributed by atoms with Gasteiger partial charge in [-0.15, -0.1) is 0 Å². The van der Waals surface area contributed by atoms with Gasteiger partial charge in [0.1, 0.15) is 5.75 Å². The van der Waals surface area contributed by atoms with Crippen molar-refractivity contribution in [3.8, 4) is 5.75 Å². The van der Waals surface area contributed by atoms with Gasteiger partial charge in [0.15, 0.2) is 0 Å². The molecule has 1 amide bonds. The molecule has 2 saturated heterocycles. The molecule has 9 heteroatoms. The minimum Gasteiger partial charge on any atom is -0.496 e. The van der Waals surface area contributed by atoms with Crippen molar-refractivity contribution in [1.82, 2.24) is 9.62 Å². The highest BCUT2D eigenvalue weighted by molar-refractivity contribution is 7.89. The largest absolute Gasteiger partial charge is 0.496 e. The Labute approximate surface area is 221 Å². The second-order valence-corrected chi connectivity index (χ2v) is 12.0. The molecule has 2 heterocycles. The van der Waals surface area contributed by atoms with Crippen LogP contribution in [0.15, 0.2) is 47.4 Å². The van der Waals surface area contributed by atoms with E-state index in [1.165, 1.54) is 22.8 Å². The Morgan fingerprint density at radius 2 is 1.76 bits per heavy atom. The number of anilines is 1. The van der Waals surface area contributed by atoms with Crippen molar-refractivity contribution in [1.29, 1.82) is 0 Å². The van der Waals surface area contributed by atoms with Gasteiger partial charge in [0.05, 0.1) is 31.3 Å². The minimum atomic E-state index is -3.62. The number of hydrogen-bond donors (Lipinski definition) is 1. The van der Waals surface area contributed by atoms with Gasteiger partial charge in [-0.25, -0.2) is 8.42 Å². The van der Waals surface area contributed by atoms with Crippen LogP contribution in [0, 0.1) is 5.92 Å². The standard InChI is InChI=1S/C28H39N3O5S/c1-21-12-14-30(15-13-21)25-7-4-23(5-8-25)22(2)29-28(32)11-6-24-20-26(9-10-27(24)35-3)37(33,34)31-16-18-36-19-17-31/h4-5,7-10,20-22H,6,11-19H2,1-3H3,(H,29,32). The number of ether oxygens (including phenoxy) is 2. The molecule has 37 heavy (non-hydrogen) atoms. The van der Waals surface area contributed by atoms with E-state index in [2.05, 4.69) is 41.4 Å². The lowest BCUT2D eigenvalue weighted by molar-refractivity contribution is -0.121. The average molecular weight is 530 g/mol. The predicted molar refractivity (Wildman–Crippen MR) is 145 cm³/mol. The van der Waals surface area contributed by atoms with Gasteiger partial charge in [-0.3, -0.25) is 4.79 Å². The lowest BCUT2D eigenvalue weighted by Gasteiger charge is -2.32. The molecule has 2 aliphatic heterocycles. The molecular weight excluding hydrogens is 490 g/mol. The van der Waals surface area contributed by atoms with E-state index in [-0.39, 0.29) is 23.3 Å². The number of carbonyl (C=O) groups is 1. The third kappa shape index (κ3) is 6.83. The van der Waals surface area contributed by atoms with E-state index >= 15 is 0 Å². The number of piperidine rings is 1. The first-order chi connectivity index (χ1) is 17.8. The van der Waals surface area contributed by atoms with Crippen LogP contribution < -0.4 is 15.0 Å². The highest BCUT2D eigenvalue weighted by atomic mass is 32.2. The molecule has 2 aliphatic rings. The molecule has 8 nitrogen and oxygen atoms in total. The number of hydrogen-bond acceptors (Lipinski definition) is 6. The Morgan fingerprint density at radius 1 is 1.08 bits per heavy atom. The molecular formula is C28H39N3O5S. The van der Waals surface area contributed by atoms with Crippen LogP contribution in [0.25, 0.3) is 0 Å². The molecule has 1 N–H and O–H groups in total. The summed E-state index contributed by atoms with van der Waals surface area (Å²) in [5.41, 5.74) is 2.98. The minimum absolute atomic E-state index is 0.0925. The van der Waals surface area contributed by atoms with Crippen molar-refractivity contribution in [2.24, 2.45) is 5.92 Å². The summed E-state index contributed by atoms with van der Waals surface area (Å²) >= 11 is 0. The van der Waals surface area contributed by atoms with Crippen molar-refractivity contribution in [3.63, 3.8) is 0 Å². The first kappa shape index (κ1) is 27.4. The smallest absolute Gasteiger partial charge is 0.243 e. The van der Waals surface area contributed by atoms with Crippen molar-refractivity contribution in [2.45, 2.75) is 50.5 Å². The van der Waals surface area contributed by atoms with Crippen LogP contribution >= 0.6 is 0 Å². The number of morpholine rings is 1. The molecule has 2 fully saturated rings. The third-order valence-electron chi connectivity index (χ3n) is 7.40. The summed E-state index contributed by atoms with van der Waals surface area (Å²) in [6.45, 7) is 7.92. The number of sulfonamides is 1. The SMILES string of the molecule is COc1ccc(S(=O)(=O)N2CCOCC2)cc1CCC(=O)NC(C)c1ccc(N2CCC(C)CC2)cc1. The van der Waals surface area contributed by atoms with Crippen molar-refractivity contribution in [3.05, 3.63) is 53.6 Å². The fourth-order valence-corrected chi connectivity index (χ4v) is 6.39. The maximum absolute atomic E-state index is 13.1. The van der Waals surface area contributed by atoms with E-state index in [0.29, 0.717) is 44.0 Å². The lowest BCUT2D eigenvalue weighted by Crippen LogP contribution is -2.40. The van der Waals surface area contributed by atoms with Crippen LogP contribution in [0.5, 0.6) is 5.75 Å². The number of amides is 1. The Morgan fingerprint density at radius 3 is 2.41 bits per heavy atom. The summed E-state index contributed by atoms with van der Waals surface area (Å²) in [6, 6.07) is 13.2. The molecule has 0 saturated carbocycles. The van der Waals surface area contributed by atoms with E-state index in [1.54, 1.807) is 25.3 Å². The molecule has 202 valence electrons. The molecule has 0 spiro atoms. The van der Waals surface area contributed by atoms with Gasteiger partial charge in [-0.05, 0) is 73.6 Å². The first-order valence-electron chi connectivity index (χ1n) is 13.2. The van der Waals surface area contributed by atoms with Gasteiger partial charge in [-0.1, -0.05) is 19.1 Å². The number of aryl methyl sites for hydroxylation is 1. The van der Waals surface area contributed by atoms with Crippen molar-refractivity contribution < 1.29 is 22.7 Å². The molecule has 0 bridgehead atoms. The van der Waals surface area contributed by atoms with Crippen LogP contribution in [0.3, 0.4) is 0 Å². The normalized spacial score (nSPS) is 18.4. The first-order valence-corrected chi connectivity index (χ1v) is 14.6. The van der Waals surface area contributed by atoms with Crippen LogP contribution in [-0.2, 0) is 26.0 Å². The molecule has 0 aliphatic carbocycles. The van der Waals surface area contributed by atoms with Gasteiger partial charge in [0.2, 0.25) is 15.9 Å². The topological polar surface area (TPSA) is 88.2 Å². The molecule has 1 atom stereocenters. The maximum atomic E-state index is 13.1. The maximum Gasteiger partial charge on any atom is 0.243 e.